The summed E-state index contributed by atoms with van der Waals surface area (Å²) in [6, 6.07) is 8.82. The van der Waals surface area contributed by atoms with Crippen LogP contribution in [0.15, 0.2) is 38.6 Å². The van der Waals surface area contributed by atoms with E-state index in [1.165, 1.54) is 18.4 Å². The number of nitrogens with zero attached hydrogens (tertiary/aromatic N) is 1. The number of halogens is 2. The Labute approximate surface area is 149 Å². The number of carbonyl (C=O) groups excluding carboxylic acids is 2. The summed E-state index contributed by atoms with van der Waals surface area (Å²) >= 11 is 8.15. The lowest BCUT2D eigenvalue weighted by Crippen LogP contribution is -2.25. The third-order valence-electron chi connectivity index (χ3n) is 3.00. The number of hydrogen-bond donors (Lipinski definition) is 0. The molecule has 0 saturated carbocycles. The maximum Gasteiger partial charge on any atom is 0.337 e. The van der Waals surface area contributed by atoms with Gasteiger partial charge >= 0.3 is 5.97 Å². The summed E-state index contributed by atoms with van der Waals surface area (Å²) in [7, 11) is 3.10. The highest BCUT2D eigenvalue weighted by Crippen LogP contribution is 2.33. The van der Waals surface area contributed by atoms with Crippen molar-refractivity contribution in [3.8, 4) is 0 Å². The summed E-state index contributed by atoms with van der Waals surface area (Å²) in [6.45, 7) is 0.466. The second-order valence-electron chi connectivity index (χ2n) is 4.58. The monoisotopic (exact) mass is 445 g/mol. The first-order chi connectivity index (χ1) is 10.4. The first kappa shape index (κ1) is 17.2. The molecule has 7 heteroatoms. The molecule has 0 aliphatic heterocycles. The van der Waals surface area contributed by atoms with Gasteiger partial charge in [-0.25, -0.2) is 4.79 Å². The molecule has 1 aromatic carbocycles. The van der Waals surface area contributed by atoms with E-state index < -0.39 is 0 Å². The number of amides is 1. The zero-order valence-electron chi connectivity index (χ0n) is 11.9. The Morgan fingerprint density at radius 1 is 1.23 bits per heavy atom. The van der Waals surface area contributed by atoms with Gasteiger partial charge in [0.05, 0.1) is 21.3 Å². The van der Waals surface area contributed by atoms with Crippen molar-refractivity contribution in [2.45, 2.75) is 6.54 Å². The summed E-state index contributed by atoms with van der Waals surface area (Å²) in [6.07, 6.45) is 0. The number of hydrogen-bond acceptors (Lipinski definition) is 4. The van der Waals surface area contributed by atoms with Gasteiger partial charge in [-0.3, -0.25) is 4.79 Å². The molecule has 4 nitrogen and oxygen atoms in total. The number of methoxy groups -OCH3 is 1. The molecule has 116 valence electrons. The van der Waals surface area contributed by atoms with Crippen LogP contribution in [0.5, 0.6) is 0 Å². The summed E-state index contributed by atoms with van der Waals surface area (Å²) < 4.78 is 6.42. The number of benzene rings is 1. The zero-order valence-corrected chi connectivity index (χ0v) is 15.9. The van der Waals surface area contributed by atoms with Crippen LogP contribution in [0.25, 0.3) is 0 Å². The zero-order chi connectivity index (χ0) is 16.3. The van der Waals surface area contributed by atoms with Gasteiger partial charge in [0, 0.05) is 18.1 Å². The highest BCUT2D eigenvalue weighted by atomic mass is 79.9. The van der Waals surface area contributed by atoms with Crippen LogP contribution in [0.2, 0.25) is 0 Å². The Hall–Kier alpha value is -1.18. The van der Waals surface area contributed by atoms with E-state index in [2.05, 4.69) is 36.6 Å². The third-order valence-corrected chi connectivity index (χ3v) is 6.24. The molecule has 22 heavy (non-hydrogen) atoms. The predicted molar refractivity (Wildman–Crippen MR) is 93.3 cm³/mol. The highest BCUT2D eigenvalue weighted by Gasteiger charge is 2.16. The lowest BCUT2D eigenvalue weighted by atomic mass is 10.1. The Morgan fingerprint density at radius 3 is 2.36 bits per heavy atom. The maximum atomic E-state index is 12.4. The van der Waals surface area contributed by atoms with Crippen molar-refractivity contribution in [3.63, 3.8) is 0 Å². The minimum atomic E-state index is -0.371. The average molecular weight is 447 g/mol. The normalized spacial score (nSPS) is 10.4. The van der Waals surface area contributed by atoms with Crippen LogP contribution >= 0.6 is 43.2 Å². The van der Waals surface area contributed by atoms with E-state index in [4.69, 9.17) is 0 Å². The minimum absolute atomic E-state index is 0.0477. The number of rotatable bonds is 4. The summed E-state index contributed by atoms with van der Waals surface area (Å²) in [4.78, 5) is 26.0. The molecule has 0 spiro atoms. The number of esters is 1. The van der Waals surface area contributed by atoms with Crippen molar-refractivity contribution in [1.82, 2.24) is 4.90 Å². The Balaban J connectivity index is 2.06. The molecule has 2 aromatic rings. The molecule has 1 aromatic heterocycles. The molecule has 0 fully saturated rings. The Morgan fingerprint density at radius 2 is 1.86 bits per heavy atom. The van der Waals surface area contributed by atoms with Crippen LogP contribution in [-0.2, 0) is 11.3 Å². The van der Waals surface area contributed by atoms with E-state index in [1.54, 1.807) is 30.1 Å². The fourth-order valence-electron chi connectivity index (χ4n) is 1.85. The van der Waals surface area contributed by atoms with Gasteiger partial charge in [-0.15, -0.1) is 11.3 Å². The van der Waals surface area contributed by atoms with Gasteiger partial charge in [0.1, 0.15) is 0 Å². The van der Waals surface area contributed by atoms with Gasteiger partial charge < -0.3 is 9.64 Å². The highest BCUT2D eigenvalue weighted by molar-refractivity contribution is 9.13. The molecule has 1 heterocycles. The smallest absolute Gasteiger partial charge is 0.337 e. The fraction of sp³-hybridized carbons (Fsp3) is 0.200. The van der Waals surface area contributed by atoms with E-state index in [0.29, 0.717) is 17.0 Å². The van der Waals surface area contributed by atoms with Gasteiger partial charge in [0.2, 0.25) is 0 Å². The molecule has 0 aliphatic carbocycles. The molecule has 0 bridgehead atoms. The molecule has 0 N–H and O–H groups in total. The van der Waals surface area contributed by atoms with Crippen molar-refractivity contribution >= 4 is 55.1 Å². The van der Waals surface area contributed by atoms with Crippen LogP contribution in [0, 0.1) is 0 Å². The quantitative estimate of drug-likeness (QED) is 0.656. The van der Waals surface area contributed by atoms with Crippen molar-refractivity contribution in [1.29, 1.82) is 0 Å². The lowest BCUT2D eigenvalue weighted by Gasteiger charge is -2.16. The van der Waals surface area contributed by atoms with Gasteiger partial charge in [0.15, 0.2) is 0 Å². The summed E-state index contributed by atoms with van der Waals surface area (Å²) in [5, 5.41) is 0. The van der Waals surface area contributed by atoms with Crippen LogP contribution in [-0.4, -0.2) is 30.9 Å². The van der Waals surface area contributed by atoms with E-state index in [9.17, 15) is 9.59 Å². The average Bonchev–Trinajstić information content (AvgIpc) is 2.85. The molecular weight excluding hydrogens is 434 g/mol. The van der Waals surface area contributed by atoms with Gasteiger partial charge in [-0.2, -0.15) is 0 Å². The van der Waals surface area contributed by atoms with Crippen LogP contribution in [0.3, 0.4) is 0 Å². The molecule has 0 atom stereocenters. The van der Waals surface area contributed by atoms with Gasteiger partial charge in [0.25, 0.3) is 5.91 Å². The first-order valence-corrected chi connectivity index (χ1v) is 8.70. The molecule has 0 aliphatic rings. The molecule has 0 saturated heterocycles. The van der Waals surface area contributed by atoms with Gasteiger partial charge in [-0.1, -0.05) is 12.1 Å². The minimum Gasteiger partial charge on any atom is -0.465 e. The lowest BCUT2D eigenvalue weighted by molar-refractivity contribution is 0.0600. The summed E-state index contributed by atoms with van der Waals surface area (Å²) in [5.74, 6) is -0.419. The Bertz CT molecular complexity index is 678. The SMILES string of the molecule is COC(=O)c1ccc(CN(C)C(=O)c2cc(Br)c(Br)s2)cc1. The van der Waals surface area contributed by atoms with Crippen LogP contribution < -0.4 is 0 Å². The molecule has 1 amide bonds. The third kappa shape index (κ3) is 3.97. The number of thiophene rings is 1. The van der Waals surface area contributed by atoms with E-state index in [-0.39, 0.29) is 11.9 Å². The molecule has 0 unspecified atom stereocenters. The molecule has 2 rings (SSSR count). The van der Waals surface area contributed by atoms with Crippen molar-refractivity contribution in [2.75, 3.05) is 14.2 Å². The molecule has 0 radical (unpaired) electrons. The topological polar surface area (TPSA) is 46.6 Å². The van der Waals surface area contributed by atoms with E-state index in [1.807, 2.05) is 12.1 Å². The van der Waals surface area contributed by atoms with Crippen molar-refractivity contribution < 1.29 is 14.3 Å². The summed E-state index contributed by atoms with van der Waals surface area (Å²) in [5.41, 5.74) is 1.43. The van der Waals surface area contributed by atoms with Crippen LogP contribution in [0.4, 0.5) is 0 Å². The van der Waals surface area contributed by atoms with Crippen molar-refractivity contribution in [3.05, 3.63) is 54.6 Å². The van der Waals surface area contributed by atoms with E-state index in [0.717, 1.165) is 13.8 Å². The molecular formula is C15H13Br2NO3S. The van der Waals surface area contributed by atoms with Gasteiger partial charge in [-0.05, 0) is 55.6 Å². The number of carbonyl (C=O) groups is 2. The standard InChI is InChI=1S/C15H13Br2NO3S/c1-18(14(19)12-7-11(16)13(17)22-12)8-9-3-5-10(6-4-9)15(20)21-2/h3-7H,8H2,1-2H3. The van der Waals surface area contributed by atoms with E-state index >= 15 is 0 Å². The maximum absolute atomic E-state index is 12.4. The van der Waals surface area contributed by atoms with Crippen molar-refractivity contribution in [2.24, 2.45) is 0 Å². The second kappa shape index (κ2) is 7.39. The predicted octanol–water partition coefficient (Wildman–Crippen LogP) is 4.33. The first-order valence-electron chi connectivity index (χ1n) is 6.30. The number of ether oxygens (including phenoxy) is 1. The largest absolute Gasteiger partial charge is 0.465 e. The van der Waals surface area contributed by atoms with Crippen LogP contribution in [0.1, 0.15) is 25.6 Å². The fourth-order valence-corrected chi connectivity index (χ4v) is 3.88. The second-order valence-corrected chi connectivity index (χ2v) is 7.81. The Kier molecular flexibility index (Phi) is 5.77.